The van der Waals surface area contributed by atoms with Crippen LogP contribution in [0.1, 0.15) is 23.0 Å². The van der Waals surface area contributed by atoms with Crippen molar-refractivity contribution in [1.29, 1.82) is 0 Å². The molecule has 1 heterocycles. The van der Waals surface area contributed by atoms with Gasteiger partial charge in [0.2, 0.25) is 0 Å². The summed E-state index contributed by atoms with van der Waals surface area (Å²) in [6.07, 6.45) is 1.38. The van der Waals surface area contributed by atoms with Crippen LogP contribution in [0, 0.1) is 0 Å². The first-order chi connectivity index (χ1) is 8.79. The van der Waals surface area contributed by atoms with Crippen molar-refractivity contribution < 1.29 is 9.53 Å². The molecule has 0 bridgehead atoms. The molecule has 0 aliphatic carbocycles. The Balaban J connectivity index is 1.93. The van der Waals surface area contributed by atoms with Crippen molar-refractivity contribution in [3.63, 3.8) is 0 Å². The molecule has 0 aliphatic heterocycles. The van der Waals surface area contributed by atoms with Crippen LogP contribution in [-0.4, -0.2) is 27.9 Å². The second kappa shape index (κ2) is 5.81. The first-order valence-corrected chi connectivity index (χ1v) is 5.65. The standard InChI is InChI=1S/C12H14N4O2/c1-2-18-10-5-3-4-9(6-10)7-13-12(17)11-8-14-16-15-11/h3-6,8H,2,7H2,1H3,(H,13,17)(H,14,15,16). The van der Waals surface area contributed by atoms with Crippen molar-refractivity contribution in [2.45, 2.75) is 13.5 Å². The quantitative estimate of drug-likeness (QED) is 0.828. The minimum Gasteiger partial charge on any atom is -0.494 e. The van der Waals surface area contributed by atoms with Gasteiger partial charge in [-0.2, -0.15) is 15.4 Å². The van der Waals surface area contributed by atoms with E-state index in [2.05, 4.69) is 20.7 Å². The number of rotatable bonds is 5. The second-order valence-corrected chi connectivity index (χ2v) is 3.62. The van der Waals surface area contributed by atoms with Gasteiger partial charge in [-0.15, -0.1) is 0 Å². The molecule has 0 saturated heterocycles. The van der Waals surface area contributed by atoms with E-state index < -0.39 is 0 Å². The average Bonchev–Trinajstić information content (AvgIpc) is 2.91. The lowest BCUT2D eigenvalue weighted by Gasteiger charge is -2.06. The lowest BCUT2D eigenvalue weighted by molar-refractivity contribution is 0.0946. The molecule has 2 aromatic rings. The molecule has 1 amide bonds. The predicted octanol–water partition coefficient (Wildman–Crippen LogP) is 1.13. The normalized spacial score (nSPS) is 10.1. The first kappa shape index (κ1) is 12.1. The van der Waals surface area contributed by atoms with Gasteiger partial charge in [0.05, 0.1) is 12.8 Å². The Morgan fingerprint density at radius 2 is 2.39 bits per heavy atom. The smallest absolute Gasteiger partial charge is 0.273 e. The van der Waals surface area contributed by atoms with Crippen molar-refractivity contribution in [2.75, 3.05) is 6.61 Å². The van der Waals surface area contributed by atoms with E-state index in [-0.39, 0.29) is 11.6 Å². The van der Waals surface area contributed by atoms with E-state index in [0.717, 1.165) is 11.3 Å². The molecule has 0 unspecified atom stereocenters. The number of hydrogen-bond donors (Lipinski definition) is 2. The lowest BCUT2D eigenvalue weighted by Crippen LogP contribution is -2.23. The molecule has 94 valence electrons. The third-order valence-electron chi connectivity index (χ3n) is 2.31. The van der Waals surface area contributed by atoms with E-state index in [1.807, 2.05) is 31.2 Å². The van der Waals surface area contributed by atoms with E-state index in [4.69, 9.17) is 4.74 Å². The van der Waals surface area contributed by atoms with E-state index >= 15 is 0 Å². The van der Waals surface area contributed by atoms with Gasteiger partial charge in [-0.05, 0) is 24.6 Å². The summed E-state index contributed by atoms with van der Waals surface area (Å²) in [6, 6.07) is 7.59. The summed E-state index contributed by atoms with van der Waals surface area (Å²) in [5.74, 6) is 0.538. The van der Waals surface area contributed by atoms with Crippen LogP contribution in [0.4, 0.5) is 0 Å². The Kier molecular flexibility index (Phi) is 3.90. The molecule has 2 rings (SSSR count). The maximum absolute atomic E-state index is 11.6. The SMILES string of the molecule is CCOc1cccc(CNC(=O)c2cn[nH]n2)c1. The minimum absolute atomic E-state index is 0.259. The summed E-state index contributed by atoms with van der Waals surface area (Å²) in [4.78, 5) is 11.6. The molecular formula is C12H14N4O2. The maximum atomic E-state index is 11.6. The van der Waals surface area contributed by atoms with Crippen LogP contribution in [0.3, 0.4) is 0 Å². The third kappa shape index (κ3) is 3.07. The van der Waals surface area contributed by atoms with Crippen LogP contribution in [0.15, 0.2) is 30.5 Å². The number of nitrogens with one attached hydrogen (secondary N) is 2. The van der Waals surface area contributed by atoms with Gasteiger partial charge < -0.3 is 10.1 Å². The van der Waals surface area contributed by atoms with Gasteiger partial charge in [-0.3, -0.25) is 4.79 Å². The summed E-state index contributed by atoms with van der Waals surface area (Å²) in [6.45, 7) is 2.97. The number of carbonyl (C=O) groups excluding carboxylic acids is 1. The Hall–Kier alpha value is -2.37. The van der Waals surface area contributed by atoms with Crippen LogP contribution in [0.5, 0.6) is 5.75 Å². The molecule has 0 aliphatic rings. The molecular weight excluding hydrogens is 232 g/mol. The van der Waals surface area contributed by atoms with E-state index in [1.165, 1.54) is 6.20 Å². The van der Waals surface area contributed by atoms with Crippen LogP contribution in [0.25, 0.3) is 0 Å². The molecule has 0 fully saturated rings. The topological polar surface area (TPSA) is 79.9 Å². The molecule has 0 saturated carbocycles. The number of ether oxygens (including phenoxy) is 1. The van der Waals surface area contributed by atoms with Gasteiger partial charge in [0.1, 0.15) is 5.75 Å². The molecule has 1 aromatic carbocycles. The summed E-state index contributed by atoms with van der Waals surface area (Å²) in [5, 5.41) is 12.4. The molecule has 18 heavy (non-hydrogen) atoms. The summed E-state index contributed by atoms with van der Waals surface area (Å²) >= 11 is 0. The highest BCUT2D eigenvalue weighted by atomic mass is 16.5. The highest BCUT2D eigenvalue weighted by Crippen LogP contribution is 2.13. The van der Waals surface area contributed by atoms with Crippen molar-refractivity contribution in [2.24, 2.45) is 0 Å². The molecule has 0 spiro atoms. The van der Waals surface area contributed by atoms with Crippen molar-refractivity contribution in [3.8, 4) is 5.75 Å². The van der Waals surface area contributed by atoms with Gasteiger partial charge in [-0.25, -0.2) is 0 Å². The molecule has 6 nitrogen and oxygen atoms in total. The molecule has 0 atom stereocenters. The van der Waals surface area contributed by atoms with E-state index in [9.17, 15) is 4.79 Å². The first-order valence-electron chi connectivity index (χ1n) is 5.65. The summed E-state index contributed by atoms with van der Waals surface area (Å²) < 4.78 is 5.39. The largest absolute Gasteiger partial charge is 0.494 e. The molecule has 6 heteroatoms. The lowest BCUT2D eigenvalue weighted by atomic mass is 10.2. The number of benzene rings is 1. The monoisotopic (exact) mass is 246 g/mol. The van der Waals surface area contributed by atoms with Gasteiger partial charge >= 0.3 is 0 Å². The number of H-pyrrole nitrogens is 1. The highest BCUT2D eigenvalue weighted by Gasteiger charge is 2.07. The fourth-order valence-corrected chi connectivity index (χ4v) is 1.50. The second-order valence-electron chi connectivity index (χ2n) is 3.62. The van der Waals surface area contributed by atoms with Gasteiger partial charge in [0, 0.05) is 6.54 Å². The van der Waals surface area contributed by atoms with Gasteiger partial charge in [-0.1, -0.05) is 12.1 Å². The average molecular weight is 246 g/mol. The number of aromatic amines is 1. The fourth-order valence-electron chi connectivity index (χ4n) is 1.50. The van der Waals surface area contributed by atoms with Crippen LogP contribution >= 0.6 is 0 Å². The van der Waals surface area contributed by atoms with Crippen LogP contribution in [-0.2, 0) is 6.54 Å². The predicted molar refractivity (Wildman–Crippen MR) is 65.2 cm³/mol. The van der Waals surface area contributed by atoms with E-state index in [1.54, 1.807) is 0 Å². The van der Waals surface area contributed by atoms with Crippen molar-refractivity contribution in [1.82, 2.24) is 20.7 Å². The molecule has 1 aromatic heterocycles. The van der Waals surface area contributed by atoms with E-state index in [0.29, 0.717) is 13.2 Å². The zero-order valence-corrected chi connectivity index (χ0v) is 10.0. The fraction of sp³-hybridized carbons (Fsp3) is 0.250. The Morgan fingerprint density at radius 1 is 1.50 bits per heavy atom. The number of carbonyl (C=O) groups is 1. The van der Waals surface area contributed by atoms with Gasteiger partial charge in [0.25, 0.3) is 5.91 Å². The Bertz CT molecular complexity index is 511. The Labute approximate surface area is 104 Å². The number of hydrogen-bond acceptors (Lipinski definition) is 4. The maximum Gasteiger partial charge on any atom is 0.273 e. The highest BCUT2D eigenvalue weighted by molar-refractivity contribution is 5.91. The van der Waals surface area contributed by atoms with Crippen molar-refractivity contribution in [3.05, 3.63) is 41.7 Å². The van der Waals surface area contributed by atoms with Gasteiger partial charge in [0.15, 0.2) is 5.69 Å². The third-order valence-corrected chi connectivity index (χ3v) is 2.31. The molecule has 0 radical (unpaired) electrons. The number of nitrogens with zero attached hydrogens (tertiary/aromatic N) is 2. The summed E-state index contributed by atoms with van der Waals surface area (Å²) in [7, 11) is 0. The zero-order chi connectivity index (χ0) is 12.8. The molecule has 2 N–H and O–H groups in total. The zero-order valence-electron chi connectivity index (χ0n) is 10.0. The minimum atomic E-state index is -0.259. The van der Waals surface area contributed by atoms with Crippen LogP contribution in [0.2, 0.25) is 0 Å². The van der Waals surface area contributed by atoms with Crippen LogP contribution < -0.4 is 10.1 Å². The number of amides is 1. The number of aromatic nitrogens is 3. The summed E-state index contributed by atoms with van der Waals surface area (Å²) in [5.41, 5.74) is 1.24. The van der Waals surface area contributed by atoms with Crippen molar-refractivity contribution >= 4 is 5.91 Å². The Morgan fingerprint density at radius 3 is 3.11 bits per heavy atom.